The number of H-pyrrole nitrogens is 2. The van der Waals surface area contributed by atoms with Crippen molar-refractivity contribution in [2.75, 3.05) is 0 Å². The van der Waals surface area contributed by atoms with Gasteiger partial charge in [-0.1, -0.05) is 13.8 Å². The van der Waals surface area contributed by atoms with Crippen LogP contribution in [-0.4, -0.2) is 19.9 Å². The minimum absolute atomic E-state index is 0.00823. The van der Waals surface area contributed by atoms with Gasteiger partial charge in [-0.3, -0.25) is 4.98 Å². The first-order chi connectivity index (χ1) is 15.0. The Morgan fingerprint density at radius 1 is 0.719 bits per heavy atom. The third-order valence-corrected chi connectivity index (χ3v) is 8.58. The van der Waals surface area contributed by atoms with Gasteiger partial charge in [-0.25, -0.2) is 4.98 Å². The molecule has 0 amide bonds. The highest BCUT2D eigenvalue weighted by atomic mass is 127. The van der Waals surface area contributed by atoms with Crippen molar-refractivity contribution >= 4 is 55.8 Å². The van der Waals surface area contributed by atoms with Crippen molar-refractivity contribution in [2.45, 2.75) is 60.3 Å². The molecule has 5 heterocycles. The zero-order valence-corrected chi connectivity index (χ0v) is 21.9. The monoisotopic (exact) mass is 536 g/mol. The molecule has 0 saturated heterocycles. The maximum Gasteiger partial charge on any atom is 0.0690 e. The van der Waals surface area contributed by atoms with E-state index in [1.54, 1.807) is 0 Å². The molecule has 0 unspecified atom stereocenters. The van der Waals surface area contributed by atoms with Gasteiger partial charge in [0.05, 0.1) is 16.9 Å². The predicted molar refractivity (Wildman–Crippen MR) is 143 cm³/mol. The fraction of sp³-hybridized carbons (Fsp3) is 0.333. The summed E-state index contributed by atoms with van der Waals surface area (Å²) in [5.74, 6) is 0. The zero-order chi connectivity index (χ0) is 22.9. The highest BCUT2D eigenvalue weighted by molar-refractivity contribution is 14.1. The molecule has 2 aliphatic heterocycles. The molecule has 8 bridgehead atoms. The number of aryl methyl sites for hydroxylation is 3. The van der Waals surface area contributed by atoms with E-state index >= 15 is 0 Å². The maximum absolute atomic E-state index is 5.06. The van der Waals surface area contributed by atoms with Crippen molar-refractivity contribution < 1.29 is 0 Å². The molecule has 0 radical (unpaired) electrons. The number of allylic oxidation sites excluding steroid dienone is 2. The first-order valence-corrected chi connectivity index (χ1v) is 12.2. The van der Waals surface area contributed by atoms with Crippen molar-refractivity contribution in [1.82, 2.24) is 19.9 Å². The molecule has 32 heavy (non-hydrogen) atoms. The minimum atomic E-state index is -0.00823. The van der Waals surface area contributed by atoms with Gasteiger partial charge in [0.1, 0.15) is 0 Å². The molecule has 0 aliphatic carbocycles. The Labute approximate surface area is 202 Å². The van der Waals surface area contributed by atoms with Crippen LogP contribution in [0.1, 0.15) is 67.2 Å². The number of nitrogens with zero attached hydrogens (tertiary/aromatic N) is 2. The van der Waals surface area contributed by atoms with Crippen molar-refractivity contribution in [1.29, 1.82) is 0 Å². The van der Waals surface area contributed by atoms with Gasteiger partial charge in [-0.05, 0) is 109 Å². The Kier molecular flexibility index (Phi) is 4.89. The zero-order valence-electron chi connectivity index (χ0n) is 19.8. The van der Waals surface area contributed by atoms with Crippen molar-refractivity contribution in [2.24, 2.45) is 0 Å². The molecule has 0 spiro atoms. The number of nitrogens with one attached hydrogen (secondary N) is 2. The normalized spacial score (nSPS) is 15.5. The number of aromatic nitrogens is 4. The summed E-state index contributed by atoms with van der Waals surface area (Å²) in [5.41, 5.74) is 15.0. The van der Waals surface area contributed by atoms with E-state index in [-0.39, 0.29) is 5.41 Å². The van der Waals surface area contributed by atoms with Crippen LogP contribution in [0.2, 0.25) is 0 Å². The van der Waals surface area contributed by atoms with E-state index in [9.17, 15) is 0 Å². The molecular weight excluding hydrogens is 507 g/mol. The highest BCUT2D eigenvalue weighted by Gasteiger charge is 2.28. The fourth-order valence-electron chi connectivity index (χ4n) is 4.62. The number of halogens is 1. The number of fused-ring (bicyclic) bond motifs is 8. The van der Waals surface area contributed by atoms with Crippen LogP contribution in [0.15, 0.2) is 24.3 Å². The van der Waals surface area contributed by atoms with Crippen molar-refractivity contribution in [3.05, 3.63) is 67.3 Å². The van der Waals surface area contributed by atoms with E-state index in [4.69, 9.17) is 9.97 Å². The molecule has 3 aromatic heterocycles. The Morgan fingerprint density at radius 2 is 1.25 bits per heavy atom. The number of hydrogen-bond acceptors (Lipinski definition) is 2. The molecule has 164 valence electrons. The lowest BCUT2D eigenvalue weighted by molar-refractivity contribution is 0.543. The van der Waals surface area contributed by atoms with Crippen LogP contribution in [0.25, 0.3) is 33.2 Å². The van der Waals surface area contributed by atoms with Crippen LogP contribution in [0.4, 0.5) is 0 Å². The lowest BCUT2D eigenvalue weighted by atomic mass is 9.87. The summed E-state index contributed by atoms with van der Waals surface area (Å²) in [7, 11) is 0. The average molecular weight is 536 g/mol. The molecule has 4 nitrogen and oxygen atoms in total. The van der Waals surface area contributed by atoms with Crippen LogP contribution >= 0.6 is 22.6 Å². The van der Waals surface area contributed by atoms with Gasteiger partial charge in [-0.15, -0.1) is 0 Å². The van der Waals surface area contributed by atoms with Crippen molar-refractivity contribution in [3.63, 3.8) is 0 Å². The van der Waals surface area contributed by atoms with Gasteiger partial charge < -0.3 is 9.97 Å². The quantitative estimate of drug-likeness (QED) is 0.296. The van der Waals surface area contributed by atoms with Crippen molar-refractivity contribution in [3.8, 4) is 0 Å². The summed E-state index contributed by atoms with van der Waals surface area (Å²) >= 11 is 2.44. The number of aromatic amines is 2. The third kappa shape index (κ3) is 3.33. The van der Waals surface area contributed by atoms with Gasteiger partial charge in [0.2, 0.25) is 0 Å². The largest absolute Gasteiger partial charge is 0.355 e. The third-order valence-electron chi connectivity index (χ3n) is 7.19. The molecule has 0 atom stereocenters. The second kappa shape index (κ2) is 7.30. The van der Waals surface area contributed by atoms with Crippen LogP contribution < -0.4 is 0 Å². The van der Waals surface area contributed by atoms with Gasteiger partial charge in [0, 0.05) is 43.3 Å². The summed E-state index contributed by atoms with van der Waals surface area (Å²) in [4.78, 5) is 17.4. The second-order valence-corrected chi connectivity index (χ2v) is 10.9. The van der Waals surface area contributed by atoms with E-state index in [1.807, 2.05) is 0 Å². The van der Waals surface area contributed by atoms with Crippen LogP contribution in [0.5, 0.6) is 0 Å². The minimum Gasteiger partial charge on any atom is -0.355 e. The second-order valence-electron chi connectivity index (χ2n) is 9.85. The first-order valence-electron chi connectivity index (χ1n) is 11.1. The fourth-order valence-corrected chi connectivity index (χ4v) is 5.20. The summed E-state index contributed by atoms with van der Waals surface area (Å²) < 4.78 is 1.24. The summed E-state index contributed by atoms with van der Waals surface area (Å²) in [6.45, 7) is 15.4. The lowest BCUT2D eigenvalue weighted by Crippen LogP contribution is -2.14. The van der Waals surface area contributed by atoms with E-state index in [1.165, 1.54) is 31.4 Å². The van der Waals surface area contributed by atoms with Crippen LogP contribution in [0, 0.1) is 24.3 Å². The summed E-state index contributed by atoms with van der Waals surface area (Å²) in [5, 5.41) is 0. The molecular formula is C27H29IN4. The van der Waals surface area contributed by atoms with E-state index in [0.717, 1.165) is 51.3 Å². The number of rotatable bonds is 0. The maximum atomic E-state index is 5.06. The van der Waals surface area contributed by atoms with Crippen LogP contribution in [-0.2, 0) is 11.8 Å². The molecule has 2 aliphatic rings. The van der Waals surface area contributed by atoms with Gasteiger partial charge in [0.15, 0.2) is 0 Å². The Bertz CT molecular complexity index is 1480. The molecule has 0 aromatic carbocycles. The average Bonchev–Trinajstić information content (AvgIpc) is 3.35. The smallest absolute Gasteiger partial charge is 0.0690 e. The molecule has 5 rings (SSSR count). The Balaban J connectivity index is 1.97. The Hall–Kier alpha value is -2.41. The van der Waals surface area contributed by atoms with Crippen LogP contribution in [0.3, 0.4) is 0 Å². The van der Waals surface area contributed by atoms with Gasteiger partial charge >= 0.3 is 0 Å². The molecule has 3 aromatic rings. The Morgan fingerprint density at radius 3 is 1.88 bits per heavy atom. The van der Waals surface area contributed by atoms with E-state index in [2.05, 4.69) is 105 Å². The molecule has 5 heteroatoms. The summed E-state index contributed by atoms with van der Waals surface area (Å²) in [6.07, 6.45) is 0.927. The number of hydrogen-bond donors (Lipinski definition) is 2. The standard InChI is InChI=1S/C27H29IN4/c1-13-14(2)20-9-21-15(3)16(4)22(31-21)10-23-17(5)26(28)24(32-23)11-25-27(6,7)12-18(29-25)8-19(13)30-20/h8-11,30,32H,12H2,1-7H3. The first kappa shape index (κ1) is 21.4. The lowest BCUT2D eigenvalue weighted by Gasteiger charge is -2.15. The van der Waals surface area contributed by atoms with E-state index in [0.29, 0.717) is 0 Å². The summed E-state index contributed by atoms with van der Waals surface area (Å²) in [6, 6.07) is 8.83. The molecule has 0 fully saturated rings. The van der Waals surface area contributed by atoms with Gasteiger partial charge in [0.25, 0.3) is 0 Å². The van der Waals surface area contributed by atoms with Gasteiger partial charge in [-0.2, -0.15) is 0 Å². The molecule has 2 N–H and O–H groups in total. The molecule has 0 saturated carbocycles. The topological polar surface area (TPSA) is 57.4 Å². The highest BCUT2D eigenvalue weighted by Crippen LogP contribution is 2.34. The SMILES string of the molecule is CC1=C(C)c2cc3[nH]c(cc4nc(cc5[nH]c(cc1n2)c(C)c5C)CC4(C)C)c(I)c3C. The predicted octanol–water partition coefficient (Wildman–Crippen LogP) is 7.32. The van der Waals surface area contributed by atoms with E-state index < -0.39 is 0 Å².